The van der Waals surface area contributed by atoms with Gasteiger partial charge in [0.1, 0.15) is 6.07 Å². The molecule has 0 amide bonds. The van der Waals surface area contributed by atoms with Crippen LogP contribution < -0.4 is 4.90 Å². The van der Waals surface area contributed by atoms with Crippen molar-refractivity contribution in [3.63, 3.8) is 0 Å². The van der Waals surface area contributed by atoms with Gasteiger partial charge in [-0.25, -0.2) is 0 Å². The van der Waals surface area contributed by atoms with E-state index in [1.807, 2.05) is 12.1 Å². The van der Waals surface area contributed by atoms with Gasteiger partial charge < -0.3 is 9.80 Å². The highest BCUT2D eigenvalue weighted by atomic mass is 15.2. The second-order valence-electron chi connectivity index (χ2n) is 5.05. The van der Waals surface area contributed by atoms with Gasteiger partial charge in [-0.15, -0.1) is 0 Å². The molecular weight excluding hydrogens is 222 g/mol. The molecule has 3 heteroatoms. The summed E-state index contributed by atoms with van der Waals surface area (Å²) in [5, 5.41) is 9.18. The van der Waals surface area contributed by atoms with Gasteiger partial charge in [-0.3, -0.25) is 0 Å². The summed E-state index contributed by atoms with van der Waals surface area (Å²) < 4.78 is 0. The molecule has 18 heavy (non-hydrogen) atoms. The molecule has 0 unspecified atom stereocenters. The number of para-hydroxylation sites is 1. The highest BCUT2D eigenvalue weighted by Crippen LogP contribution is 2.23. The maximum atomic E-state index is 9.18. The fourth-order valence-electron chi connectivity index (χ4n) is 2.67. The minimum atomic E-state index is 0.777. The molecule has 1 saturated heterocycles. The first-order valence-electron chi connectivity index (χ1n) is 6.65. The number of aryl methyl sites for hydroxylation is 1. The van der Waals surface area contributed by atoms with Crippen LogP contribution in [-0.4, -0.2) is 38.1 Å². The minimum Gasteiger partial charge on any atom is -0.372 e. The minimum absolute atomic E-state index is 0.777. The Morgan fingerprint density at radius 2 is 2.06 bits per heavy atom. The first kappa shape index (κ1) is 12.9. The molecule has 0 N–H and O–H groups in total. The van der Waals surface area contributed by atoms with E-state index in [2.05, 4.69) is 35.9 Å². The Hall–Kier alpha value is -1.53. The molecule has 0 spiro atoms. The maximum absolute atomic E-state index is 9.18. The Balaban J connectivity index is 2.04. The van der Waals surface area contributed by atoms with E-state index in [1.54, 1.807) is 0 Å². The van der Waals surface area contributed by atoms with E-state index in [9.17, 15) is 5.26 Å². The second kappa shape index (κ2) is 5.88. The highest BCUT2D eigenvalue weighted by Gasteiger charge is 2.14. The summed E-state index contributed by atoms with van der Waals surface area (Å²) in [6.07, 6.45) is 2.66. The summed E-state index contributed by atoms with van der Waals surface area (Å²) >= 11 is 0. The van der Waals surface area contributed by atoms with Gasteiger partial charge in [-0.1, -0.05) is 12.1 Å². The van der Waals surface area contributed by atoms with E-state index in [0.29, 0.717) is 0 Å². The SMILES string of the molecule is Cc1cccc(C#N)c1N(C)CCN1CCCC1. The third kappa shape index (κ3) is 2.83. The van der Waals surface area contributed by atoms with Gasteiger partial charge in [0.15, 0.2) is 0 Å². The lowest BCUT2D eigenvalue weighted by molar-refractivity contribution is 0.346. The topological polar surface area (TPSA) is 30.3 Å². The number of hydrogen-bond acceptors (Lipinski definition) is 3. The lowest BCUT2D eigenvalue weighted by atomic mass is 10.1. The summed E-state index contributed by atoms with van der Waals surface area (Å²) in [6, 6.07) is 8.21. The fraction of sp³-hybridized carbons (Fsp3) is 0.533. The zero-order valence-corrected chi connectivity index (χ0v) is 11.3. The van der Waals surface area contributed by atoms with Crippen LogP contribution in [0.1, 0.15) is 24.0 Å². The number of rotatable bonds is 4. The van der Waals surface area contributed by atoms with Crippen molar-refractivity contribution in [2.75, 3.05) is 38.1 Å². The number of anilines is 1. The van der Waals surface area contributed by atoms with Gasteiger partial charge in [0.25, 0.3) is 0 Å². The zero-order chi connectivity index (χ0) is 13.0. The highest BCUT2D eigenvalue weighted by molar-refractivity contribution is 5.63. The molecule has 0 atom stereocenters. The van der Waals surface area contributed by atoms with Crippen molar-refractivity contribution >= 4 is 5.69 Å². The predicted octanol–water partition coefficient (Wildman–Crippen LogP) is 2.40. The van der Waals surface area contributed by atoms with Crippen LogP contribution in [0.25, 0.3) is 0 Å². The predicted molar refractivity (Wildman–Crippen MR) is 74.8 cm³/mol. The number of nitriles is 1. The second-order valence-corrected chi connectivity index (χ2v) is 5.05. The number of nitrogens with zero attached hydrogens (tertiary/aromatic N) is 3. The molecule has 0 aliphatic carbocycles. The largest absolute Gasteiger partial charge is 0.372 e. The van der Waals surface area contributed by atoms with E-state index < -0.39 is 0 Å². The quantitative estimate of drug-likeness (QED) is 0.813. The molecule has 0 bridgehead atoms. The summed E-state index contributed by atoms with van der Waals surface area (Å²) in [4.78, 5) is 4.72. The molecule has 0 radical (unpaired) electrons. The van der Waals surface area contributed by atoms with Crippen molar-refractivity contribution in [3.05, 3.63) is 29.3 Å². The normalized spacial score (nSPS) is 15.6. The van der Waals surface area contributed by atoms with Gasteiger partial charge >= 0.3 is 0 Å². The van der Waals surface area contributed by atoms with Crippen LogP contribution in [0.5, 0.6) is 0 Å². The monoisotopic (exact) mass is 243 g/mol. The molecule has 1 aromatic rings. The first-order chi connectivity index (χ1) is 8.72. The molecule has 1 aliphatic heterocycles. The van der Waals surface area contributed by atoms with Crippen LogP contribution in [0, 0.1) is 18.3 Å². The van der Waals surface area contributed by atoms with E-state index in [4.69, 9.17) is 0 Å². The summed E-state index contributed by atoms with van der Waals surface area (Å²) in [7, 11) is 2.08. The Labute approximate surface area is 110 Å². The smallest absolute Gasteiger partial charge is 0.101 e. The number of likely N-dealkylation sites (tertiary alicyclic amines) is 1. The molecule has 96 valence electrons. The van der Waals surface area contributed by atoms with Gasteiger partial charge in [-0.2, -0.15) is 5.26 Å². The van der Waals surface area contributed by atoms with E-state index in [1.165, 1.54) is 31.5 Å². The van der Waals surface area contributed by atoms with Crippen LogP contribution >= 0.6 is 0 Å². The maximum Gasteiger partial charge on any atom is 0.101 e. The average molecular weight is 243 g/mol. The molecule has 2 rings (SSSR count). The Morgan fingerprint density at radius 3 is 2.72 bits per heavy atom. The van der Waals surface area contributed by atoms with E-state index >= 15 is 0 Å². The zero-order valence-electron chi connectivity index (χ0n) is 11.3. The number of hydrogen-bond donors (Lipinski definition) is 0. The van der Waals surface area contributed by atoms with Crippen molar-refractivity contribution in [3.8, 4) is 6.07 Å². The number of benzene rings is 1. The van der Waals surface area contributed by atoms with Gasteiger partial charge in [0, 0.05) is 20.1 Å². The van der Waals surface area contributed by atoms with Gasteiger partial charge in [0.05, 0.1) is 11.3 Å². The Kier molecular flexibility index (Phi) is 4.22. The lowest BCUT2D eigenvalue weighted by Crippen LogP contribution is -2.32. The van der Waals surface area contributed by atoms with Crippen LogP contribution in [0.15, 0.2) is 18.2 Å². The third-order valence-corrected chi connectivity index (χ3v) is 3.69. The van der Waals surface area contributed by atoms with Crippen LogP contribution in [-0.2, 0) is 0 Å². The van der Waals surface area contributed by atoms with E-state index in [0.717, 1.165) is 24.3 Å². The van der Waals surface area contributed by atoms with Crippen molar-refractivity contribution in [2.24, 2.45) is 0 Å². The molecule has 1 aromatic carbocycles. The Morgan fingerprint density at radius 1 is 1.33 bits per heavy atom. The van der Waals surface area contributed by atoms with Gasteiger partial charge in [0.2, 0.25) is 0 Å². The van der Waals surface area contributed by atoms with Crippen LogP contribution in [0.2, 0.25) is 0 Å². The van der Waals surface area contributed by atoms with Crippen molar-refractivity contribution in [2.45, 2.75) is 19.8 Å². The molecule has 0 saturated carbocycles. The summed E-state index contributed by atoms with van der Waals surface area (Å²) in [5.74, 6) is 0. The standard InChI is InChI=1S/C15H21N3/c1-13-6-5-7-14(12-16)15(13)17(2)10-11-18-8-3-4-9-18/h5-7H,3-4,8-11H2,1-2H3. The van der Waals surface area contributed by atoms with Crippen molar-refractivity contribution in [1.29, 1.82) is 5.26 Å². The Bertz CT molecular complexity index is 442. The van der Waals surface area contributed by atoms with Crippen molar-refractivity contribution in [1.82, 2.24) is 4.90 Å². The first-order valence-corrected chi connectivity index (χ1v) is 6.65. The van der Waals surface area contributed by atoms with Crippen LogP contribution in [0.4, 0.5) is 5.69 Å². The van der Waals surface area contributed by atoms with Crippen LogP contribution in [0.3, 0.4) is 0 Å². The molecule has 1 heterocycles. The number of likely N-dealkylation sites (N-methyl/N-ethyl adjacent to an activating group) is 1. The summed E-state index contributed by atoms with van der Waals surface area (Å²) in [5.41, 5.74) is 3.04. The van der Waals surface area contributed by atoms with Crippen molar-refractivity contribution < 1.29 is 0 Å². The lowest BCUT2D eigenvalue weighted by Gasteiger charge is -2.25. The van der Waals surface area contributed by atoms with Gasteiger partial charge in [-0.05, 0) is 44.5 Å². The molecular formula is C15H21N3. The molecule has 1 aliphatic rings. The molecule has 0 aromatic heterocycles. The fourth-order valence-corrected chi connectivity index (χ4v) is 2.67. The third-order valence-electron chi connectivity index (χ3n) is 3.69. The molecule has 3 nitrogen and oxygen atoms in total. The summed E-state index contributed by atoms with van der Waals surface area (Å²) in [6.45, 7) is 6.61. The van der Waals surface area contributed by atoms with E-state index in [-0.39, 0.29) is 0 Å². The molecule has 1 fully saturated rings. The average Bonchev–Trinajstić information content (AvgIpc) is 2.88.